The van der Waals surface area contributed by atoms with Crippen LogP contribution in [-0.2, 0) is 17.0 Å². The highest BCUT2D eigenvalue weighted by molar-refractivity contribution is 7.84. The van der Waals surface area contributed by atoms with Crippen molar-refractivity contribution in [2.75, 3.05) is 6.26 Å². The van der Waals surface area contributed by atoms with Gasteiger partial charge < -0.3 is 4.74 Å². The zero-order chi connectivity index (χ0) is 20.7. The number of fused-ring (bicyclic) bond motifs is 1. The fourth-order valence-corrected chi connectivity index (χ4v) is 3.08. The Morgan fingerprint density at radius 3 is 2.57 bits per heavy atom. The summed E-state index contributed by atoms with van der Waals surface area (Å²) in [7, 11) is -1.49. The molecule has 1 unspecified atom stereocenters. The first-order valence-electron chi connectivity index (χ1n) is 7.86. The molecule has 0 aliphatic carbocycles. The first-order chi connectivity index (χ1) is 13.0. The second-order valence-corrected chi connectivity index (χ2v) is 7.71. The van der Waals surface area contributed by atoms with Crippen molar-refractivity contribution in [3.05, 3.63) is 36.5 Å². The van der Waals surface area contributed by atoms with Crippen molar-refractivity contribution in [3.63, 3.8) is 0 Å². The van der Waals surface area contributed by atoms with Crippen LogP contribution < -0.4 is 4.74 Å². The van der Waals surface area contributed by atoms with Crippen LogP contribution in [0.15, 0.2) is 35.7 Å². The first-order valence-corrected chi connectivity index (χ1v) is 9.42. The minimum Gasteiger partial charge on any atom is -0.471 e. The number of nitrogens with zero attached hydrogens (tertiary/aromatic N) is 5. The molecule has 0 N–H and O–H groups in total. The number of nitriles is 1. The van der Waals surface area contributed by atoms with Crippen molar-refractivity contribution in [1.82, 2.24) is 19.4 Å². The van der Waals surface area contributed by atoms with Crippen molar-refractivity contribution in [2.24, 2.45) is 0 Å². The summed E-state index contributed by atoms with van der Waals surface area (Å²) in [4.78, 5) is 12.0. The SMILES string of the molecule is CS(=O)c1cc(OC(C)(C)C#N)cnc1-c1cn2cnc(C(F)(F)F)cc2n1. The van der Waals surface area contributed by atoms with E-state index in [-0.39, 0.29) is 27.7 Å². The average molecular weight is 409 g/mol. The van der Waals surface area contributed by atoms with Crippen molar-refractivity contribution in [3.8, 4) is 23.2 Å². The van der Waals surface area contributed by atoms with Crippen molar-refractivity contribution in [1.29, 1.82) is 5.26 Å². The molecule has 0 amide bonds. The molecule has 7 nitrogen and oxygen atoms in total. The highest BCUT2D eigenvalue weighted by Crippen LogP contribution is 2.30. The van der Waals surface area contributed by atoms with Gasteiger partial charge in [-0.3, -0.25) is 8.61 Å². The molecule has 3 aromatic heterocycles. The van der Waals surface area contributed by atoms with E-state index in [1.54, 1.807) is 13.8 Å². The Kier molecular flexibility index (Phi) is 4.84. The van der Waals surface area contributed by atoms with E-state index in [4.69, 9.17) is 10.00 Å². The first kappa shape index (κ1) is 19.8. The van der Waals surface area contributed by atoms with Crippen LogP contribution in [0.3, 0.4) is 0 Å². The minimum atomic E-state index is -4.59. The lowest BCUT2D eigenvalue weighted by Crippen LogP contribution is -2.25. The summed E-state index contributed by atoms with van der Waals surface area (Å²) < 4.78 is 57.5. The molecule has 3 aromatic rings. The maximum Gasteiger partial charge on any atom is 0.433 e. The summed E-state index contributed by atoms with van der Waals surface area (Å²) >= 11 is 0. The lowest BCUT2D eigenvalue weighted by molar-refractivity contribution is -0.141. The van der Waals surface area contributed by atoms with Gasteiger partial charge >= 0.3 is 6.18 Å². The number of hydrogen-bond donors (Lipinski definition) is 0. The van der Waals surface area contributed by atoms with E-state index in [9.17, 15) is 17.4 Å². The van der Waals surface area contributed by atoms with E-state index in [2.05, 4.69) is 15.0 Å². The Morgan fingerprint density at radius 1 is 1.25 bits per heavy atom. The average Bonchev–Trinajstić information content (AvgIpc) is 3.03. The Bertz CT molecular complexity index is 1120. The van der Waals surface area contributed by atoms with E-state index in [1.807, 2.05) is 6.07 Å². The number of imidazole rings is 1. The number of halogens is 3. The van der Waals surface area contributed by atoms with Crippen LogP contribution in [0.25, 0.3) is 17.0 Å². The van der Waals surface area contributed by atoms with Gasteiger partial charge in [0.25, 0.3) is 0 Å². The number of rotatable bonds is 4. The van der Waals surface area contributed by atoms with Gasteiger partial charge in [-0.25, -0.2) is 15.0 Å². The molecule has 0 saturated carbocycles. The highest BCUT2D eigenvalue weighted by Gasteiger charge is 2.33. The van der Waals surface area contributed by atoms with E-state index in [1.165, 1.54) is 29.1 Å². The van der Waals surface area contributed by atoms with Gasteiger partial charge in [-0.15, -0.1) is 0 Å². The quantitative estimate of drug-likeness (QED) is 0.657. The summed E-state index contributed by atoms with van der Waals surface area (Å²) in [6, 6.07) is 4.27. The topological polar surface area (TPSA) is 93.2 Å². The third-order valence-corrected chi connectivity index (χ3v) is 4.59. The molecule has 146 valence electrons. The Hall–Kier alpha value is -3.00. The molecule has 11 heteroatoms. The molecule has 0 saturated heterocycles. The fourth-order valence-electron chi connectivity index (χ4n) is 2.37. The van der Waals surface area contributed by atoms with Gasteiger partial charge in [0.1, 0.15) is 40.9 Å². The smallest absolute Gasteiger partial charge is 0.433 e. The minimum absolute atomic E-state index is 0.0258. The normalized spacial score (nSPS) is 13.3. The highest BCUT2D eigenvalue weighted by atomic mass is 32.2. The molecule has 1 atom stereocenters. The number of pyridine rings is 1. The molecule has 0 bridgehead atoms. The lowest BCUT2D eigenvalue weighted by atomic mass is 10.2. The zero-order valence-corrected chi connectivity index (χ0v) is 15.8. The molecular formula is C17H14F3N5O2S. The van der Waals surface area contributed by atoms with E-state index in [0.717, 1.165) is 12.4 Å². The van der Waals surface area contributed by atoms with Crippen LogP contribution in [0.5, 0.6) is 5.75 Å². The van der Waals surface area contributed by atoms with Gasteiger partial charge in [-0.05, 0) is 13.8 Å². The molecule has 0 aromatic carbocycles. The monoisotopic (exact) mass is 409 g/mol. The van der Waals surface area contributed by atoms with E-state index < -0.39 is 28.3 Å². The Morgan fingerprint density at radius 2 is 1.96 bits per heavy atom. The molecule has 0 spiro atoms. The molecule has 0 aliphatic rings. The fraction of sp³-hybridized carbons (Fsp3) is 0.294. The zero-order valence-electron chi connectivity index (χ0n) is 15.0. The summed E-state index contributed by atoms with van der Waals surface area (Å²) in [5.41, 5.74) is -1.68. The molecule has 0 aliphatic heterocycles. The van der Waals surface area contributed by atoms with Crippen molar-refractivity contribution < 1.29 is 22.1 Å². The molecule has 3 rings (SSSR count). The number of ether oxygens (including phenoxy) is 1. The molecule has 0 fully saturated rings. The van der Waals surface area contributed by atoms with Crippen LogP contribution >= 0.6 is 0 Å². The third-order valence-electron chi connectivity index (χ3n) is 3.66. The maximum atomic E-state index is 12.8. The summed E-state index contributed by atoms with van der Waals surface area (Å²) in [6.07, 6.45) is 0.632. The van der Waals surface area contributed by atoms with Crippen LogP contribution in [0, 0.1) is 11.3 Å². The maximum absolute atomic E-state index is 12.8. The van der Waals surface area contributed by atoms with Crippen LogP contribution in [-0.4, -0.2) is 35.4 Å². The Balaban J connectivity index is 2.07. The molecule has 0 radical (unpaired) electrons. The van der Waals surface area contributed by atoms with Gasteiger partial charge in [-0.2, -0.15) is 18.4 Å². The van der Waals surface area contributed by atoms with Gasteiger partial charge in [0.05, 0.1) is 21.9 Å². The predicted molar refractivity (Wildman–Crippen MR) is 93.9 cm³/mol. The van der Waals surface area contributed by atoms with Crippen LogP contribution in [0.4, 0.5) is 13.2 Å². The van der Waals surface area contributed by atoms with E-state index >= 15 is 0 Å². The van der Waals surface area contributed by atoms with Gasteiger partial charge in [0, 0.05) is 24.6 Å². The van der Waals surface area contributed by atoms with Crippen LogP contribution in [0.2, 0.25) is 0 Å². The summed E-state index contributed by atoms with van der Waals surface area (Å²) in [6.45, 7) is 3.13. The van der Waals surface area contributed by atoms with E-state index in [0.29, 0.717) is 0 Å². The number of alkyl halides is 3. The second kappa shape index (κ2) is 6.87. The predicted octanol–water partition coefficient (Wildman–Crippen LogP) is 3.23. The Labute approximate surface area is 160 Å². The standard InChI is InChI=1S/C17H14F3N5O2S/c1-16(2,8-21)27-10-4-12(28(3)26)15(22-6-10)11-7-25-9-23-13(17(18,19)20)5-14(25)24-11/h4-7,9H,1-3H3. The molecule has 28 heavy (non-hydrogen) atoms. The van der Waals surface area contributed by atoms with Crippen LogP contribution in [0.1, 0.15) is 19.5 Å². The van der Waals surface area contributed by atoms with Crippen molar-refractivity contribution in [2.45, 2.75) is 30.5 Å². The summed E-state index contributed by atoms with van der Waals surface area (Å²) in [5, 5.41) is 9.07. The van der Waals surface area contributed by atoms with Gasteiger partial charge in [0.2, 0.25) is 0 Å². The largest absolute Gasteiger partial charge is 0.471 e. The number of aromatic nitrogens is 4. The van der Waals surface area contributed by atoms with Gasteiger partial charge in [-0.1, -0.05) is 0 Å². The molecular weight excluding hydrogens is 395 g/mol. The second-order valence-electron chi connectivity index (χ2n) is 6.36. The molecule has 3 heterocycles. The van der Waals surface area contributed by atoms with Gasteiger partial charge in [0.15, 0.2) is 5.60 Å². The lowest BCUT2D eigenvalue weighted by Gasteiger charge is -2.18. The van der Waals surface area contributed by atoms with Crippen molar-refractivity contribution >= 4 is 16.4 Å². The number of hydrogen-bond acceptors (Lipinski definition) is 6. The third kappa shape index (κ3) is 3.96. The summed E-state index contributed by atoms with van der Waals surface area (Å²) in [5.74, 6) is 0.241.